The van der Waals surface area contributed by atoms with Crippen molar-refractivity contribution in [3.05, 3.63) is 194 Å². The van der Waals surface area contributed by atoms with Crippen LogP contribution < -0.4 is 9.80 Å². The summed E-state index contributed by atoms with van der Waals surface area (Å²) < 4.78 is 12.4. The van der Waals surface area contributed by atoms with Gasteiger partial charge < -0.3 is 18.6 Å². The van der Waals surface area contributed by atoms with Gasteiger partial charge in [-0.3, -0.25) is 0 Å². The third-order valence-electron chi connectivity index (χ3n) is 9.85. The van der Waals surface area contributed by atoms with Crippen LogP contribution in [0.2, 0.25) is 0 Å². The average molecular weight is 669 g/mol. The maximum Gasteiger partial charge on any atom is 0.137 e. The van der Waals surface area contributed by atoms with Crippen LogP contribution >= 0.6 is 0 Å². The first kappa shape index (κ1) is 29.8. The van der Waals surface area contributed by atoms with E-state index < -0.39 is 0 Å². The molecule has 0 aliphatic heterocycles. The number of para-hydroxylation sites is 4. The summed E-state index contributed by atoms with van der Waals surface area (Å²) in [7, 11) is 0. The Morgan fingerprint density at radius 2 is 0.635 bits per heavy atom. The zero-order chi connectivity index (χ0) is 34.4. The lowest BCUT2D eigenvalue weighted by Crippen LogP contribution is -2.10. The summed E-state index contributed by atoms with van der Waals surface area (Å²) in [6.45, 7) is 0. The Morgan fingerprint density at radius 1 is 0.250 bits per heavy atom. The highest BCUT2D eigenvalue weighted by molar-refractivity contribution is 6.07. The Bertz CT molecular complexity index is 2840. The van der Waals surface area contributed by atoms with Gasteiger partial charge in [-0.15, -0.1) is 0 Å². The predicted octanol–water partition coefficient (Wildman–Crippen LogP) is 14.1. The van der Waals surface area contributed by atoms with E-state index in [-0.39, 0.29) is 0 Å². The number of hydrogen-bond acceptors (Lipinski definition) is 4. The summed E-state index contributed by atoms with van der Waals surface area (Å²) in [5, 5.41) is 4.47. The van der Waals surface area contributed by atoms with Gasteiger partial charge in [-0.25, -0.2) is 0 Å². The van der Waals surface area contributed by atoms with Gasteiger partial charge in [-0.1, -0.05) is 97.1 Å². The fourth-order valence-electron chi connectivity index (χ4n) is 7.36. The number of hydrogen-bond donors (Lipinski definition) is 0. The molecule has 0 saturated carbocycles. The lowest BCUT2D eigenvalue weighted by molar-refractivity contribution is 0.668. The van der Waals surface area contributed by atoms with Crippen molar-refractivity contribution in [1.29, 1.82) is 0 Å². The first-order chi connectivity index (χ1) is 25.8. The molecule has 10 aromatic rings. The molecule has 0 radical (unpaired) electrons. The fraction of sp³-hybridized carbons (Fsp3) is 0. The highest BCUT2D eigenvalue weighted by Gasteiger charge is 2.17. The Hall–Kier alpha value is -7.04. The average Bonchev–Trinajstić information content (AvgIpc) is 3.77. The van der Waals surface area contributed by atoms with E-state index in [1.54, 1.807) is 0 Å². The second-order valence-corrected chi connectivity index (χ2v) is 13.0. The van der Waals surface area contributed by atoms with Crippen LogP contribution in [0.4, 0.5) is 34.1 Å². The largest absolute Gasteiger partial charge is 0.456 e. The molecule has 0 amide bonds. The topological polar surface area (TPSA) is 32.8 Å². The predicted molar refractivity (Wildman–Crippen MR) is 216 cm³/mol. The van der Waals surface area contributed by atoms with Crippen LogP contribution in [0.1, 0.15) is 0 Å². The van der Waals surface area contributed by atoms with Gasteiger partial charge in [-0.2, -0.15) is 0 Å². The summed E-state index contributed by atoms with van der Waals surface area (Å²) in [6.07, 6.45) is 0. The molecule has 0 unspecified atom stereocenters. The third kappa shape index (κ3) is 5.17. The van der Waals surface area contributed by atoms with Crippen molar-refractivity contribution in [3.63, 3.8) is 0 Å². The van der Waals surface area contributed by atoms with Crippen LogP contribution in [0, 0.1) is 0 Å². The molecule has 2 heterocycles. The van der Waals surface area contributed by atoms with Crippen LogP contribution in [-0.2, 0) is 0 Å². The number of nitrogens with zero attached hydrogens (tertiary/aromatic N) is 2. The molecule has 10 rings (SSSR count). The van der Waals surface area contributed by atoms with E-state index in [2.05, 4.69) is 174 Å². The van der Waals surface area contributed by atoms with E-state index in [9.17, 15) is 0 Å². The van der Waals surface area contributed by atoms with Gasteiger partial charge in [0.25, 0.3) is 0 Å². The molecule has 4 nitrogen and oxygen atoms in total. The summed E-state index contributed by atoms with van der Waals surface area (Å²) in [6, 6.07) is 67.9. The second-order valence-electron chi connectivity index (χ2n) is 13.0. The normalized spacial score (nSPS) is 11.5. The molecule has 2 aromatic heterocycles. The SMILES string of the molecule is c1ccc(N(c2ccc(-c3ccc(N(c4ccccc4)c4ccc5oc6ccccc6c5c4)cc3)cc2)c2ccc3c(c2)oc2ccccc23)cc1. The Morgan fingerprint density at radius 3 is 1.21 bits per heavy atom. The molecule has 4 heteroatoms. The van der Waals surface area contributed by atoms with E-state index >= 15 is 0 Å². The summed E-state index contributed by atoms with van der Waals surface area (Å²) in [4.78, 5) is 4.57. The van der Waals surface area contributed by atoms with Crippen LogP contribution in [-0.4, -0.2) is 0 Å². The van der Waals surface area contributed by atoms with E-state index in [0.717, 1.165) is 89.1 Å². The van der Waals surface area contributed by atoms with Crippen molar-refractivity contribution in [2.24, 2.45) is 0 Å². The molecule has 0 atom stereocenters. The molecule has 0 saturated heterocycles. The molecule has 246 valence electrons. The maximum atomic E-state index is 6.27. The zero-order valence-corrected chi connectivity index (χ0v) is 28.2. The van der Waals surface area contributed by atoms with E-state index in [1.807, 2.05) is 30.3 Å². The maximum absolute atomic E-state index is 6.27. The zero-order valence-electron chi connectivity index (χ0n) is 28.2. The van der Waals surface area contributed by atoms with Crippen molar-refractivity contribution in [3.8, 4) is 11.1 Å². The number of anilines is 6. The standard InChI is InChI=1S/C48H32N2O2/c1-3-11-35(12-4-1)49(39-28-30-47-44(31-39)42-16-8-10-18-46(42)51-47)37-23-19-33(20-24-37)34-21-25-38(26-22-34)50(36-13-5-2-6-14-36)40-27-29-43-41-15-7-9-17-45(41)52-48(43)32-40/h1-32H. The summed E-state index contributed by atoms with van der Waals surface area (Å²) in [5.41, 5.74) is 12.3. The van der Waals surface area contributed by atoms with Crippen LogP contribution in [0.15, 0.2) is 203 Å². The van der Waals surface area contributed by atoms with Gasteiger partial charge in [0.2, 0.25) is 0 Å². The highest BCUT2D eigenvalue weighted by Crippen LogP contribution is 2.41. The molecule has 0 N–H and O–H groups in total. The summed E-state index contributed by atoms with van der Waals surface area (Å²) >= 11 is 0. The van der Waals surface area contributed by atoms with Crippen LogP contribution in [0.5, 0.6) is 0 Å². The van der Waals surface area contributed by atoms with E-state index in [1.165, 1.54) is 0 Å². The molecule has 0 fully saturated rings. The first-order valence-corrected chi connectivity index (χ1v) is 17.5. The molecule has 0 aliphatic rings. The van der Waals surface area contributed by atoms with Crippen molar-refractivity contribution in [1.82, 2.24) is 0 Å². The number of furan rings is 2. The molecule has 52 heavy (non-hydrogen) atoms. The monoisotopic (exact) mass is 668 g/mol. The minimum absolute atomic E-state index is 0.874. The molecule has 0 bridgehead atoms. The third-order valence-corrected chi connectivity index (χ3v) is 9.85. The minimum atomic E-state index is 0.874. The number of benzene rings is 8. The Kier molecular flexibility index (Phi) is 7.10. The smallest absolute Gasteiger partial charge is 0.137 e. The van der Waals surface area contributed by atoms with Gasteiger partial charge in [-0.05, 0) is 102 Å². The van der Waals surface area contributed by atoms with Crippen molar-refractivity contribution in [2.45, 2.75) is 0 Å². The second kappa shape index (κ2) is 12.4. The van der Waals surface area contributed by atoms with Crippen molar-refractivity contribution >= 4 is 78.0 Å². The van der Waals surface area contributed by atoms with Gasteiger partial charge >= 0.3 is 0 Å². The molecular formula is C48H32N2O2. The van der Waals surface area contributed by atoms with Crippen molar-refractivity contribution < 1.29 is 8.83 Å². The lowest BCUT2D eigenvalue weighted by Gasteiger charge is -2.26. The Labute approximate surface area is 301 Å². The van der Waals surface area contributed by atoms with Crippen LogP contribution in [0.3, 0.4) is 0 Å². The van der Waals surface area contributed by atoms with E-state index in [4.69, 9.17) is 8.83 Å². The van der Waals surface area contributed by atoms with Gasteiger partial charge in [0.05, 0.1) is 0 Å². The molecule has 0 spiro atoms. The quantitative estimate of drug-likeness (QED) is 0.169. The molecule has 0 aliphatic carbocycles. The molecule has 8 aromatic carbocycles. The number of fused-ring (bicyclic) bond motifs is 6. The van der Waals surface area contributed by atoms with Crippen molar-refractivity contribution in [2.75, 3.05) is 9.80 Å². The van der Waals surface area contributed by atoms with Gasteiger partial charge in [0.1, 0.15) is 22.3 Å². The fourth-order valence-corrected chi connectivity index (χ4v) is 7.36. The lowest BCUT2D eigenvalue weighted by atomic mass is 10.0. The van der Waals surface area contributed by atoms with Gasteiger partial charge in [0, 0.05) is 61.7 Å². The van der Waals surface area contributed by atoms with Gasteiger partial charge in [0.15, 0.2) is 0 Å². The minimum Gasteiger partial charge on any atom is -0.456 e. The van der Waals surface area contributed by atoms with Crippen LogP contribution in [0.25, 0.3) is 55.0 Å². The Balaban J connectivity index is 0.994. The van der Waals surface area contributed by atoms with E-state index in [0.29, 0.717) is 0 Å². The molecular weight excluding hydrogens is 637 g/mol. The first-order valence-electron chi connectivity index (χ1n) is 17.5. The number of rotatable bonds is 7. The summed E-state index contributed by atoms with van der Waals surface area (Å²) in [5.74, 6) is 0. The highest BCUT2D eigenvalue weighted by atomic mass is 16.3.